The van der Waals surface area contributed by atoms with E-state index in [1.165, 1.54) is 30.5 Å². The van der Waals surface area contributed by atoms with E-state index in [-0.39, 0.29) is 21.8 Å². The standard InChI is InChI=1S/C21H12Br2N6O6/c1-11-26-17-4-2-13(22)8-15(17)21(30)27(11)25-9-12-6-16(23)20(18(7-12)29(33)34)35-19-5-3-14(10-24-19)28(31)32/h2-10H,1H3. The van der Waals surface area contributed by atoms with Crippen molar-refractivity contribution in [1.29, 1.82) is 0 Å². The first-order valence-corrected chi connectivity index (χ1v) is 11.2. The van der Waals surface area contributed by atoms with E-state index in [1.807, 2.05) is 0 Å². The Balaban J connectivity index is 1.71. The van der Waals surface area contributed by atoms with Crippen LogP contribution in [0.5, 0.6) is 11.6 Å². The number of ether oxygens (including phenoxy) is 1. The van der Waals surface area contributed by atoms with Gasteiger partial charge < -0.3 is 4.74 Å². The van der Waals surface area contributed by atoms with E-state index in [9.17, 15) is 25.0 Å². The minimum absolute atomic E-state index is 0.0728. The van der Waals surface area contributed by atoms with E-state index in [4.69, 9.17) is 4.74 Å². The molecule has 0 fully saturated rings. The maximum absolute atomic E-state index is 12.9. The SMILES string of the molecule is Cc1nc2ccc(Br)cc2c(=O)n1N=Cc1cc(Br)c(Oc2ccc([N+](=O)[O-])cn2)c([N+](=O)[O-])c1. The number of hydrogen-bond donors (Lipinski definition) is 0. The maximum atomic E-state index is 12.9. The minimum Gasteiger partial charge on any atom is -0.431 e. The van der Waals surface area contributed by atoms with E-state index in [1.54, 1.807) is 25.1 Å². The van der Waals surface area contributed by atoms with Crippen molar-refractivity contribution in [2.45, 2.75) is 6.92 Å². The van der Waals surface area contributed by atoms with Crippen LogP contribution in [0.3, 0.4) is 0 Å². The second-order valence-corrected chi connectivity index (χ2v) is 8.77. The highest BCUT2D eigenvalue weighted by Crippen LogP contribution is 2.38. The molecule has 0 amide bonds. The molecule has 12 nitrogen and oxygen atoms in total. The summed E-state index contributed by atoms with van der Waals surface area (Å²) in [6.07, 6.45) is 2.26. The Hall–Kier alpha value is -4.04. The fraction of sp³-hybridized carbons (Fsp3) is 0.0476. The van der Waals surface area contributed by atoms with Gasteiger partial charge >= 0.3 is 5.69 Å². The first-order chi connectivity index (χ1) is 16.6. The van der Waals surface area contributed by atoms with Crippen LogP contribution in [0.25, 0.3) is 10.9 Å². The van der Waals surface area contributed by atoms with Crippen LogP contribution in [-0.2, 0) is 0 Å². The van der Waals surface area contributed by atoms with Gasteiger partial charge in [0.25, 0.3) is 11.2 Å². The molecule has 2 heterocycles. The molecule has 0 saturated heterocycles. The van der Waals surface area contributed by atoms with Gasteiger partial charge in [0.05, 0.1) is 31.4 Å². The molecule has 176 valence electrons. The average molecular weight is 604 g/mol. The van der Waals surface area contributed by atoms with E-state index in [0.717, 1.165) is 10.9 Å². The van der Waals surface area contributed by atoms with Crippen molar-refractivity contribution in [3.63, 3.8) is 0 Å². The summed E-state index contributed by atoms with van der Waals surface area (Å²) in [7, 11) is 0. The summed E-state index contributed by atoms with van der Waals surface area (Å²) in [4.78, 5) is 42.3. The summed E-state index contributed by atoms with van der Waals surface area (Å²) in [5.41, 5.74) is -0.248. The maximum Gasteiger partial charge on any atom is 0.313 e. The molecule has 0 unspecified atom stereocenters. The van der Waals surface area contributed by atoms with Crippen molar-refractivity contribution in [2.24, 2.45) is 5.10 Å². The van der Waals surface area contributed by atoms with Gasteiger partial charge in [0.2, 0.25) is 11.6 Å². The summed E-state index contributed by atoms with van der Waals surface area (Å²) >= 11 is 6.57. The predicted molar refractivity (Wildman–Crippen MR) is 133 cm³/mol. The summed E-state index contributed by atoms with van der Waals surface area (Å²) in [5, 5.41) is 27.0. The highest BCUT2D eigenvalue weighted by Gasteiger charge is 2.22. The molecule has 0 aliphatic rings. The third-order valence-electron chi connectivity index (χ3n) is 4.67. The Morgan fingerprint density at radius 2 is 1.86 bits per heavy atom. The van der Waals surface area contributed by atoms with Crippen LogP contribution < -0.4 is 10.3 Å². The topological polar surface area (TPSA) is 156 Å². The third kappa shape index (κ3) is 5.07. The number of nitrogens with zero attached hydrogens (tertiary/aromatic N) is 6. The molecule has 0 atom stereocenters. The van der Waals surface area contributed by atoms with Crippen LogP contribution in [0, 0.1) is 27.2 Å². The second-order valence-electron chi connectivity index (χ2n) is 7.00. The molecule has 0 aliphatic carbocycles. The zero-order chi connectivity index (χ0) is 25.3. The van der Waals surface area contributed by atoms with E-state index >= 15 is 0 Å². The highest BCUT2D eigenvalue weighted by molar-refractivity contribution is 9.10. The number of fused-ring (bicyclic) bond motifs is 1. The summed E-state index contributed by atoms with van der Waals surface area (Å²) in [6, 6.07) is 10.2. The lowest BCUT2D eigenvalue weighted by Gasteiger charge is -2.09. The van der Waals surface area contributed by atoms with E-state index in [2.05, 4.69) is 46.9 Å². The number of aromatic nitrogens is 3. The van der Waals surface area contributed by atoms with Gasteiger partial charge in [-0.05, 0) is 47.1 Å². The number of pyridine rings is 1. The van der Waals surface area contributed by atoms with Crippen LogP contribution in [0.2, 0.25) is 0 Å². The normalized spacial score (nSPS) is 11.2. The third-order valence-corrected chi connectivity index (χ3v) is 5.76. The van der Waals surface area contributed by atoms with Gasteiger partial charge in [-0.3, -0.25) is 25.0 Å². The lowest BCUT2D eigenvalue weighted by atomic mass is 10.2. The summed E-state index contributed by atoms with van der Waals surface area (Å²) < 4.78 is 7.53. The van der Waals surface area contributed by atoms with Gasteiger partial charge in [-0.1, -0.05) is 15.9 Å². The quantitative estimate of drug-likeness (QED) is 0.167. The second kappa shape index (κ2) is 9.68. The number of benzene rings is 2. The Morgan fingerprint density at radius 1 is 1.09 bits per heavy atom. The number of nitro benzene ring substituents is 1. The molecule has 0 N–H and O–H groups in total. The molecule has 4 aromatic rings. The van der Waals surface area contributed by atoms with Gasteiger partial charge in [0.15, 0.2) is 0 Å². The highest BCUT2D eigenvalue weighted by atomic mass is 79.9. The molecule has 0 radical (unpaired) electrons. The van der Waals surface area contributed by atoms with Crippen molar-refractivity contribution >= 4 is 60.4 Å². The Bertz CT molecular complexity index is 1590. The zero-order valence-corrected chi connectivity index (χ0v) is 20.8. The van der Waals surface area contributed by atoms with Crippen LogP contribution in [-0.4, -0.2) is 30.7 Å². The predicted octanol–water partition coefficient (Wildman–Crippen LogP) is 5.12. The van der Waals surface area contributed by atoms with Gasteiger partial charge in [-0.15, -0.1) is 0 Å². The van der Waals surface area contributed by atoms with Crippen molar-refractivity contribution < 1.29 is 14.6 Å². The van der Waals surface area contributed by atoms with Gasteiger partial charge in [0, 0.05) is 28.2 Å². The van der Waals surface area contributed by atoms with Crippen LogP contribution in [0.4, 0.5) is 11.4 Å². The van der Waals surface area contributed by atoms with Crippen molar-refractivity contribution in [3.05, 3.63) is 99.6 Å². The van der Waals surface area contributed by atoms with Gasteiger partial charge in [-0.2, -0.15) is 9.78 Å². The molecule has 4 rings (SSSR count). The number of rotatable bonds is 6. The smallest absolute Gasteiger partial charge is 0.313 e. The molecule has 2 aromatic carbocycles. The molecule has 0 saturated carbocycles. The first-order valence-electron chi connectivity index (χ1n) is 9.63. The summed E-state index contributed by atoms with van der Waals surface area (Å²) in [6.45, 7) is 1.62. The Kier molecular flexibility index (Phi) is 6.66. The van der Waals surface area contributed by atoms with Gasteiger partial charge in [0.1, 0.15) is 12.0 Å². The Morgan fingerprint density at radius 3 is 2.51 bits per heavy atom. The molecular formula is C21H12Br2N6O6. The van der Waals surface area contributed by atoms with E-state index in [0.29, 0.717) is 26.8 Å². The van der Waals surface area contributed by atoms with Crippen molar-refractivity contribution in [3.8, 4) is 11.6 Å². The molecular weight excluding hydrogens is 592 g/mol. The molecule has 14 heteroatoms. The monoisotopic (exact) mass is 602 g/mol. The number of nitro groups is 2. The van der Waals surface area contributed by atoms with Crippen molar-refractivity contribution in [2.75, 3.05) is 0 Å². The van der Waals surface area contributed by atoms with Crippen LogP contribution in [0.1, 0.15) is 11.4 Å². The number of aryl methyl sites for hydroxylation is 1. The molecule has 0 bridgehead atoms. The largest absolute Gasteiger partial charge is 0.431 e. The van der Waals surface area contributed by atoms with E-state index < -0.39 is 21.1 Å². The molecule has 0 aliphatic heterocycles. The molecule has 2 aromatic heterocycles. The fourth-order valence-corrected chi connectivity index (χ4v) is 3.99. The van der Waals surface area contributed by atoms with Crippen molar-refractivity contribution in [1.82, 2.24) is 14.6 Å². The zero-order valence-electron chi connectivity index (χ0n) is 17.6. The minimum atomic E-state index is -0.657. The Labute approximate surface area is 212 Å². The fourth-order valence-electron chi connectivity index (χ4n) is 3.08. The number of halogens is 2. The van der Waals surface area contributed by atoms with Crippen LogP contribution in [0.15, 0.2) is 67.5 Å². The first kappa shape index (κ1) is 24.1. The lowest BCUT2D eigenvalue weighted by Crippen LogP contribution is -2.20. The number of hydrogen-bond acceptors (Lipinski definition) is 9. The van der Waals surface area contributed by atoms with Crippen LogP contribution >= 0.6 is 31.9 Å². The molecule has 35 heavy (non-hydrogen) atoms. The summed E-state index contributed by atoms with van der Waals surface area (Å²) in [5.74, 6) is 0.106. The van der Waals surface area contributed by atoms with Gasteiger partial charge in [-0.25, -0.2) is 9.97 Å². The average Bonchev–Trinajstić information content (AvgIpc) is 2.81. The molecule has 0 spiro atoms. The lowest BCUT2D eigenvalue weighted by molar-refractivity contribution is -0.385.